The van der Waals surface area contributed by atoms with Crippen molar-refractivity contribution in [2.24, 2.45) is 0 Å². The summed E-state index contributed by atoms with van der Waals surface area (Å²) in [5, 5.41) is 16.1. The number of ether oxygens (including phenoxy) is 1. The molecule has 0 aromatic carbocycles. The third-order valence-corrected chi connectivity index (χ3v) is 4.38. The van der Waals surface area contributed by atoms with Crippen LogP contribution in [0.1, 0.15) is 41.2 Å². The molecule has 0 aliphatic heterocycles. The first-order chi connectivity index (χ1) is 13.8. The van der Waals surface area contributed by atoms with Crippen LogP contribution in [0.4, 0.5) is 0 Å². The molecule has 29 heavy (non-hydrogen) atoms. The van der Waals surface area contributed by atoms with Crippen molar-refractivity contribution >= 4 is 5.91 Å². The second-order valence-corrected chi connectivity index (χ2v) is 7.42. The Kier molecular flexibility index (Phi) is 5.93. The van der Waals surface area contributed by atoms with Crippen molar-refractivity contribution in [3.63, 3.8) is 0 Å². The number of rotatable bonds is 7. The normalized spacial score (nSPS) is 11.3. The van der Waals surface area contributed by atoms with Crippen LogP contribution in [0.5, 0.6) is 5.88 Å². The van der Waals surface area contributed by atoms with Gasteiger partial charge in [-0.3, -0.25) is 9.78 Å². The zero-order valence-electron chi connectivity index (χ0n) is 16.9. The fraction of sp³-hybridized carbons (Fsp3) is 0.333. The van der Waals surface area contributed by atoms with Gasteiger partial charge in [-0.1, -0.05) is 5.16 Å². The van der Waals surface area contributed by atoms with Gasteiger partial charge >= 0.3 is 0 Å². The number of hydrogen-bond acceptors (Lipinski definition) is 7. The van der Waals surface area contributed by atoms with Crippen molar-refractivity contribution in [3.05, 3.63) is 59.2 Å². The molecule has 3 rings (SSSR count). The van der Waals surface area contributed by atoms with Gasteiger partial charge in [-0.15, -0.1) is 0 Å². The van der Waals surface area contributed by atoms with Crippen LogP contribution in [0.15, 0.2) is 41.2 Å². The zero-order valence-corrected chi connectivity index (χ0v) is 16.9. The predicted octanol–water partition coefficient (Wildman–Crippen LogP) is 2.83. The number of aliphatic hydroxyl groups excluding tert-OH is 1. The van der Waals surface area contributed by atoms with Crippen LogP contribution in [0.25, 0.3) is 11.3 Å². The second-order valence-electron chi connectivity index (χ2n) is 7.42. The number of aliphatic hydroxyl groups is 1. The number of amides is 1. The van der Waals surface area contributed by atoms with E-state index in [2.05, 4.69) is 20.4 Å². The van der Waals surface area contributed by atoms with Crippen LogP contribution in [0.3, 0.4) is 0 Å². The Morgan fingerprint density at radius 2 is 1.97 bits per heavy atom. The third-order valence-electron chi connectivity index (χ3n) is 4.38. The fourth-order valence-electron chi connectivity index (χ4n) is 2.56. The average molecular weight is 396 g/mol. The van der Waals surface area contributed by atoms with Crippen LogP contribution in [0, 0.1) is 13.8 Å². The van der Waals surface area contributed by atoms with Crippen molar-refractivity contribution < 1.29 is 19.2 Å². The quantitative estimate of drug-likeness (QED) is 0.632. The number of nitrogens with one attached hydrogen (secondary N) is 1. The Morgan fingerprint density at radius 3 is 2.59 bits per heavy atom. The number of pyridine rings is 2. The lowest BCUT2D eigenvalue weighted by molar-refractivity contribution is 0.0869. The van der Waals surface area contributed by atoms with Crippen LogP contribution < -0.4 is 10.1 Å². The highest BCUT2D eigenvalue weighted by atomic mass is 16.5. The average Bonchev–Trinajstić information content (AvgIpc) is 3.07. The minimum atomic E-state index is -0.709. The molecule has 0 aliphatic carbocycles. The lowest BCUT2D eigenvalue weighted by Gasteiger charge is -2.23. The third kappa shape index (κ3) is 4.97. The number of carbonyl (C=O) groups excluding carboxylic acids is 1. The Labute approximate surface area is 168 Å². The summed E-state index contributed by atoms with van der Waals surface area (Å²) in [7, 11) is 0. The SMILES string of the molecule is Cc1ccc(-c2noc(C)c2COc2ccc(C(=O)NC(C)(C)CO)cn2)cn1. The van der Waals surface area contributed by atoms with Gasteiger partial charge in [-0.2, -0.15) is 0 Å². The highest BCUT2D eigenvalue weighted by Crippen LogP contribution is 2.26. The molecule has 3 aromatic rings. The number of aryl methyl sites for hydroxylation is 2. The monoisotopic (exact) mass is 396 g/mol. The predicted molar refractivity (Wildman–Crippen MR) is 106 cm³/mol. The van der Waals surface area contributed by atoms with Crippen LogP contribution in [-0.2, 0) is 6.61 Å². The van der Waals surface area contributed by atoms with E-state index in [9.17, 15) is 9.90 Å². The molecule has 1 amide bonds. The molecule has 3 aromatic heterocycles. The van der Waals surface area contributed by atoms with Crippen molar-refractivity contribution in [2.45, 2.75) is 39.8 Å². The van der Waals surface area contributed by atoms with E-state index < -0.39 is 5.54 Å². The van der Waals surface area contributed by atoms with E-state index in [1.165, 1.54) is 6.20 Å². The van der Waals surface area contributed by atoms with Crippen molar-refractivity contribution in [1.29, 1.82) is 0 Å². The lowest BCUT2D eigenvalue weighted by atomic mass is 10.1. The minimum absolute atomic E-state index is 0.162. The fourth-order valence-corrected chi connectivity index (χ4v) is 2.56. The summed E-state index contributed by atoms with van der Waals surface area (Å²) in [6.07, 6.45) is 3.18. The number of nitrogens with zero attached hydrogens (tertiary/aromatic N) is 3. The molecule has 0 atom stereocenters. The number of carbonyl (C=O) groups is 1. The van der Waals surface area contributed by atoms with E-state index in [1.54, 1.807) is 32.2 Å². The topological polar surface area (TPSA) is 110 Å². The standard InChI is InChI=1S/C21H24N4O4/c1-13-5-6-15(9-22-13)19-17(14(2)29-25-19)11-28-18-8-7-16(10-23-18)20(27)24-21(3,4)12-26/h5-10,26H,11-12H2,1-4H3,(H,24,27). The summed E-state index contributed by atoms with van der Waals surface area (Å²) < 4.78 is 11.1. The first-order valence-electron chi connectivity index (χ1n) is 9.19. The molecule has 8 heteroatoms. The first kappa shape index (κ1) is 20.5. The van der Waals surface area contributed by atoms with Crippen molar-refractivity contribution in [3.8, 4) is 17.1 Å². The van der Waals surface area contributed by atoms with E-state index >= 15 is 0 Å². The highest BCUT2D eigenvalue weighted by molar-refractivity contribution is 5.94. The van der Waals surface area contributed by atoms with Gasteiger partial charge < -0.3 is 19.7 Å². The smallest absolute Gasteiger partial charge is 0.253 e. The molecule has 0 aliphatic rings. The van der Waals surface area contributed by atoms with Gasteiger partial charge in [0.15, 0.2) is 0 Å². The van der Waals surface area contributed by atoms with Gasteiger partial charge in [0.1, 0.15) is 18.1 Å². The number of hydrogen-bond donors (Lipinski definition) is 2. The summed E-state index contributed by atoms with van der Waals surface area (Å²) in [6.45, 7) is 7.26. The maximum Gasteiger partial charge on any atom is 0.253 e. The van der Waals surface area contributed by atoms with Crippen LogP contribution >= 0.6 is 0 Å². The molecule has 3 heterocycles. The lowest BCUT2D eigenvalue weighted by Crippen LogP contribution is -2.46. The van der Waals surface area contributed by atoms with Crippen LogP contribution in [0.2, 0.25) is 0 Å². The van der Waals surface area contributed by atoms with Gasteiger partial charge in [0.25, 0.3) is 5.91 Å². The van der Waals surface area contributed by atoms with E-state index in [-0.39, 0.29) is 19.1 Å². The summed E-state index contributed by atoms with van der Waals surface area (Å²) in [5.41, 5.74) is 2.92. The van der Waals surface area contributed by atoms with Gasteiger partial charge in [-0.05, 0) is 45.9 Å². The van der Waals surface area contributed by atoms with Gasteiger partial charge in [0, 0.05) is 29.7 Å². The molecule has 0 radical (unpaired) electrons. The summed E-state index contributed by atoms with van der Waals surface area (Å²) in [6, 6.07) is 7.09. The minimum Gasteiger partial charge on any atom is -0.473 e. The van der Waals surface area contributed by atoms with Gasteiger partial charge in [0.05, 0.1) is 23.3 Å². The molecule has 0 unspecified atom stereocenters. The van der Waals surface area contributed by atoms with Gasteiger partial charge in [-0.25, -0.2) is 4.98 Å². The molecule has 0 fully saturated rings. The van der Waals surface area contributed by atoms with E-state index in [0.717, 1.165) is 16.8 Å². The Morgan fingerprint density at radius 1 is 1.17 bits per heavy atom. The molecule has 0 bridgehead atoms. The second kappa shape index (κ2) is 8.40. The molecule has 152 valence electrons. The number of aromatic nitrogens is 3. The van der Waals surface area contributed by atoms with E-state index in [1.807, 2.05) is 26.0 Å². The molecular weight excluding hydrogens is 372 g/mol. The highest BCUT2D eigenvalue weighted by Gasteiger charge is 2.20. The largest absolute Gasteiger partial charge is 0.473 e. The van der Waals surface area contributed by atoms with Crippen molar-refractivity contribution in [1.82, 2.24) is 20.4 Å². The summed E-state index contributed by atoms with van der Waals surface area (Å²) in [5.74, 6) is 0.714. The Bertz CT molecular complexity index is 979. The Balaban J connectivity index is 1.69. The molecule has 0 saturated heterocycles. The Hall–Kier alpha value is -3.26. The maximum atomic E-state index is 12.2. The van der Waals surface area contributed by atoms with Crippen LogP contribution in [-0.4, -0.2) is 38.3 Å². The molecule has 8 nitrogen and oxygen atoms in total. The molecule has 0 saturated carbocycles. The van der Waals surface area contributed by atoms with Crippen molar-refractivity contribution in [2.75, 3.05) is 6.61 Å². The zero-order chi connectivity index (χ0) is 21.0. The summed E-state index contributed by atoms with van der Waals surface area (Å²) in [4.78, 5) is 20.7. The molecule has 0 spiro atoms. The summed E-state index contributed by atoms with van der Waals surface area (Å²) >= 11 is 0. The molecular formula is C21H24N4O4. The van der Waals surface area contributed by atoms with E-state index in [0.29, 0.717) is 22.9 Å². The van der Waals surface area contributed by atoms with E-state index in [4.69, 9.17) is 9.26 Å². The maximum absolute atomic E-state index is 12.2. The first-order valence-corrected chi connectivity index (χ1v) is 9.19. The van der Waals surface area contributed by atoms with Gasteiger partial charge in [0.2, 0.25) is 5.88 Å². The molecule has 2 N–H and O–H groups in total.